The van der Waals surface area contributed by atoms with Gasteiger partial charge < -0.3 is 20.3 Å². The average molecular weight is 376 g/mol. The van der Waals surface area contributed by atoms with Crippen molar-refractivity contribution in [1.82, 2.24) is 20.2 Å². The highest BCUT2D eigenvalue weighted by Gasteiger charge is 2.22. The number of rotatable bonds is 6. The summed E-state index contributed by atoms with van der Waals surface area (Å²) < 4.78 is 5.27. The number of hydrogen-bond acceptors (Lipinski definition) is 6. The predicted molar refractivity (Wildman–Crippen MR) is 101 cm³/mol. The molecule has 3 rings (SSSR count). The zero-order valence-corrected chi connectivity index (χ0v) is 15.6. The average Bonchev–Trinajstić information content (AvgIpc) is 3.01. The molecule has 1 aromatic heterocycles. The molecule has 1 atom stereocenters. The van der Waals surface area contributed by atoms with Crippen LogP contribution in [0.25, 0.3) is 0 Å². The van der Waals surface area contributed by atoms with Crippen LogP contribution in [0.2, 0.25) is 5.15 Å². The lowest BCUT2D eigenvalue weighted by Crippen LogP contribution is -2.36. The molecule has 8 heteroatoms. The number of hydrogen-bond donors (Lipinski definition) is 2. The van der Waals surface area contributed by atoms with E-state index >= 15 is 0 Å². The molecule has 0 spiro atoms. The number of benzene rings is 1. The number of carbonyl (C=O) groups excluding carboxylic acids is 1. The normalized spacial score (nSPS) is 17.3. The maximum absolute atomic E-state index is 12.5. The van der Waals surface area contributed by atoms with Crippen molar-refractivity contribution in [2.24, 2.45) is 0 Å². The highest BCUT2D eigenvalue weighted by molar-refractivity contribution is 6.29. The van der Waals surface area contributed by atoms with Crippen molar-refractivity contribution in [1.29, 1.82) is 0 Å². The molecule has 1 aromatic carbocycles. The number of amides is 1. The first-order chi connectivity index (χ1) is 12.5. The molecule has 0 bridgehead atoms. The highest BCUT2D eigenvalue weighted by Crippen LogP contribution is 2.23. The number of likely N-dealkylation sites (tertiary alicyclic amines) is 1. The van der Waals surface area contributed by atoms with E-state index in [1.54, 1.807) is 19.4 Å². The van der Waals surface area contributed by atoms with E-state index in [-0.39, 0.29) is 11.9 Å². The van der Waals surface area contributed by atoms with Gasteiger partial charge in [-0.25, -0.2) is 4.98 Å². The van der Waals surface area contributed by atoms with Gasteiger partial charge in [-0.05, 0) is 38.2 Å². The first-order valence-corrected chi connectivity index (χ1v) is 8.79. The monoisotopic (exact) mass is 375 g/mol. The zero-order chi connectivity index (χ0) is 18.5. The Hall–Kier alpha value is -2.22. The van der Waals surface area contributed by atoms with Crippen LogP contribution in [0, 0.1) is 0 Å². The van der Waals surface area contributed by atoms with Crippen LogP contribution in [0.1, 0.15) is 22.3 Å². The minimum atomic E-state index is -0.0725. The van der Waals surface area contributed by atoms with Gasteiger partial charge in [0.05, 0.1) is 19.0 Å². The van der Waals surface area contributed by atoms with Gasteiger partial charge in [-0.2, -0.15) is 0 Å². The predicted octanol–water partition coefficient (Wildman–Crippen LogP) is 2.45. The van der Waals surface area contributed by atoms with Crippen LogP contribution < -0.4 is 10.6 Å². The molecule has 1 amide bonds. The van der Waals surface area contributed by atoms with Crippen LogP contribution >= 0.6 is 11.6 Å². The SMILES string of the molecule is COCc1cc(C(=O)NC2CCN(C)C2)ccc1Nc1cncc(Cl)n1. The summed E-state index contributed by atoms with van der Waals surface area (Å²) in [6, 6.07) is 5.65. The van der Waals surface area contributed by atoms with Crippen molar-refractivity contribution in [3.8, 4) is 0 Å². The van der Waals surface area contributed by atoms with Gasteiger partial charge in [0.1, 0.15) is 5.15 Å². The van der Waals surface area contributed by atoms with E-state index in [2.05, 4.69) is 32.5 Å². The number of aromatic nitrogens is 2. The molecule has 138 valence electrons. The molecule has 1 fully saturated rings. The van der Waals surface area contributed by atoms with E-state index < -0.39 is 0 Å². The van der Waals surface area contributed by atoms with Gasteiger partial charge in [0.2, 0.25) is 0 Å². The molecule has 0 saturated carbocycles. The lowest BCUT2D eigenvalue weighted by molar-refractivity contribution is 0.0938. The lowest BCUT2D eigenvalue weighted by atomic mass is 10.1. The smallest absolute Gasteiger partial charge is 0.251 e. The third-order valence-electron chi connectivity index (χ3n) is 4.26. The topological polar surface area (TPSA) is 79.4 Å². The number of anilines is 2. The molecule has 2 aromatic rings. The van der Waals surface area contributed by atoms with Crippen molar-refractivity contribution in [3.05, 3.63) is 46.9 Å². The Morgan fingerprint density at radius 2 is 2.27 bits per heavy atom. The van der Waals surface area contributed by atoms with E-state index in [0.717, 1.165) is 30.8 Å². The van der Waals surface area contributed by atoms with Gasteiger partial charge >= 0.3 is 0 Å². The Kier molecular flexibility index (Phi) is 6.03. The van der Waals surface area contributed by atoms with E-state index in [4.69, 9.17) is 16.3 Å². The standard InChI is InChI=1S/C18H22ClN5O2/c1-24-6-5-14(10-24)21-18(25)12-3-4-15(13(7-12)11-26-2)22-17-9-20-8-16(19)23-17/h3-4,7-9,14H,5-6,10-11H2,1-2H3,(H,21,25)(H,22,23). The minimum absolute atomic E-state index is 0.0725. The van der Waals surface area contributed by atoms with Crippen molar-refractivity contribution in [2.45, 2.75) is 19.1 Å². The second-order valence-electron chi connectivity index (χ2n) is 6.38. The fourth-order valence-electron chi connectivity index (χ4n) is 2.99. The number of nitrogens with zero attached hydrogens (tertiary/aromatic N) is 3. The van der Waals surface area contributed by atoms with Crippen molar-refractivity contribution in [2.75, 3.05) is 32.6 Å². The van der Waals surface area contributed by atoms with Crippen LogP contribution in [0.15, 0.2) is 30.6 Å². The fraction of sp³-hybridized carbons (Fsp3) is 0.389. The number of ether oxygens (including phenoxy) is 1. The quantitative estimate of drug-likeness (QED) is 0.807. The van der Waals surface area contributed by atoms with Crippen molar-refractivity contribution in [3.63, 3.8) is 0 Å². The van der Waals surface area contributed by atoms with Gasteiger partial charge in [-0.3, -0.25) is 9.78 Å². The van der Waals surface area contributed by atoms with Crippen LogP contribution in [-0.4, -0.2) is 54.1 Å². The third kappa shape index (κ3) is 4.69. The largest absolute Gasteiger partial charge is 0.380 e. The summed E-state index contributed by atoms with van der Waals surface area (Å²) in [5.74, 6) is 0.456. The molecule has 0 aliphatic carbocycles. The summed E-state index contributed by atoms with van der Waals surface area (Å²) in [6.45, 7) is 2.25. The van der Waals surface area contributed by atoms with Gasteiger partial charge in [-0.15, -0.1) is 0 Å². The minimum Gasteiger partial charge on any atom is -0.380 e. The van der Waals surface area contributed by atoms with Gasteiger partial charge in [0, 0.05) is 36.5 Å². The van der Waals surface area contributed by atoms with E-state index in [9.17, 15) is 4.79 Å². The second-order valence-corrected chi connectivity index (χ2v) is 6.77. The fourth-order valence-corrected chi connectivity index (χ4v) is 3.14. The number of methoxy groups -OCH3 is 1. The third-order valence-corrected chi connectivity index (χ3v) is 4.44. The molecule has 2 heterocycles. The summed E-state index contributed by atoms with van der Waals surface area (Å²) in [5, 5.41) is 6.56. The van der Waals surface area contributed by atoms with Crippen LogP contribution in [0.5, 0.6) is 0 Å². The second kappa shape index (κ2) is 8.44. The van der Waals surface area contributed by atoms with E-state index in [0.29, 0.717) is 23.1 Å². The molecular formula is C18H22ClN5O2. The number of likely N-dealkylation sites (N-methyl/N-ethyl adjacent to an activating group) is 1. The molecule has 1 unspecified atom stereocenters. The Balaban J connectivity index is 1.76. The number of carbonyl (C=O) groups is 1. The first kappa shape index (κ1) is 18.6. The molecule has 26 heavy (non-hydrogen) atoms. The van der Waals surface area contributed by atoms with Crippen LogP contribution in [0.4, 0.5) is 11.5 Å². The molecule has 0 radical (unpaired) electrons. The zero-order valence-electron chi connectivity index (χ0n) is 14.8. The van der Waals surface area contributed by atoms with Crippen LogP contribution in [-0.2, 0) is 11.3 Å². The maximum Gasteiger partial charge on any atom is 0.251 e. The molecule has 2 N–H and O–H groups in total. The highest BCUT2D eigenvalue weighted by atomic mass is 35.5. The summed E-state index contributed by atoms with van der Waals surface area (Å²) in [7, 11) is 3.67. The van der Waals surface area contributed by atoms with E-state index in [1.165, 1.54) is 6.20 Å². The lowest BCUT2D eigenvalue weighted by Gasteiger charge is -2.15. The summed E-state index contributed by atoms with van der Waals surface area (Å²) in [5.41, 5.74) is 2.25. The number of nitrogens with one attached hydrogen (secondary N) is 2. The Morgan fingerprint density at radius 3 is 2.96 bits per heavy atom. The van der Waals surface area contributed by atoms with Gasteiger partial charge in [0.25, 0.3) is 5.91 Å². The van der Waals surface area contributed by atoms with Crippen molar-refractivity contribution < 1.29 is 9.53 Å². The molecule has 1 saturated heterocycles. The Morgan fingerprint density at radius 1 is 1.42 bits per heavy atom. The molecule has 7 nitrogen and oxygen atoms in total. The first-order valence-electron chi connectivity index (χ1n) is 8.41. The Labute approximate surface area is 157 Å². The molecule has 1 aliphatic heterocycles. The summed E-state index contributed by atoms with van der Waals surface area (Å²) in [6.07, 6.45) is 4.02. The van der Waals surface area contributed by atoms with Crippen LogP contribution in [0.3, 0.4) is 0 Å². The maximum atomic E-state index is 12.5. The molecular weight excluding hydrogens is 354 g/mol. The van der Waals surface area contributed by atoms with Gasteiger partial charge in [-0.1, -0.05) is 11.6 Å². The number of halogens is 1. The Bertz CT molecular complexity index is 786. The molecule has 1 aliphatic rings. The summed E-state index contributed by atoms with van der Waals surface area (Å²) >= 11 is 5.88. The van der Waals surface area contributed by atoms with Crippen molar-refractivity contribution >= 4 is 29.0 Å². The summed E-state index contributed by atoms with van der Waals surface area (Å²) in [4.78, 5) is 22.9. The van der Waals surface area contributed by atoms with Gasteiger partial charge in [0.15, 0.2) is 5.82 Å². The van der Waals surface area contributed by atoms with E-state index in [1.807, 2.05) is 12.1 Å².